The highest BCUT2D eigenvalue weighted by molar-refractivity contribution is 9.09. The van der Waals surface area contributed by atoms with Crippen molar-refractivity contribution >= 4 is 77.9 Å². The summed E-state index contributed by atoms with van der Waals surface area (Å²) in [5.74, 6) is 1.92. The highest BCUT2D eigenvalue weighted by Gasteiger charge is 2.54. The normalized spacial score (nSPS) is 22.0. The Morgan fingerprint density at radius 2 is 0.779 bits per heavy atom. The number of ether oxygens (including phenoxy) is 6. The van der Waals surface area contributed by atoms with Crippen LogP contribution < -0.4 is 10.6 Å². The minimum Gasteiger partial charge on any atom is -0.444 e. The van der Waals surface area contributed by atoms with Gasteiger partial charge in [0.1, 0.15) is 34.1 Å². The topological polar surface area (TPSA) is 270 Å². The van der Waals surface area contributed by atoms with Gasteiger partial charge < -0.3 is 48.4 Å². The molecule has 4 spiro atoms. The average Bonchev–Trinajstić information content (AvgIpc) is 1.53. The molecule has 4 aromatic carbocycles. The van der Waals surface area contributed by atoms with Crippen molar-refractivity contribution in [3.8, 4) is 0 Å². The van der Waals surface area contributed by atoms with E-state index >= 15 is 0 Å². The van der Waals surface area contributed by atoms with Crippen molar-refractivity contribution in [2.24, 2.45) is 11.8 Å². The van der Waals surface area contributed by atoms with Gasteiger partial charge in [0.15, 0.2) is 0 Å². The van der Waals surface area contributed by atoms with E-state index in [1.165, 1.54) is 54.0 Å². The molecule has 4 aromatic rings. The van der Waals surface area contributed by atoms with Gasteiger partial charge in [0.05, 0.1) is 46.0 Å². The molecule has 580 valence electrons. The minimum atomic E-state index is -3.66. The second kappa shape index (κ2) is 35.1. The zero-order valence-corrected chi connectivity index (χ0v) is 67.8. The van der Waals surface area contributed by atoms with Crippen molar-refractivity contribution in [3.05, 3.63) is 119 Å². The Bertz CT molecular complexity index is 3940. The van der Waals surface area contributed by atoms with Crippen molar-refractivity contribution < 1.29 is 71.7 Å². The van der Waals surface area contributed by atoms with Crippen molar-refractivity contribution in [3.63, 3.8) is 0 Å². The van der Waals surface area contributed by atoms with E-state index in [2.05, 4.69) is 31.5 Å². The Hall–Kier alpha value is -4.41. The third kappa shape index (κ3) is 22.4. The number of amides is 2. The summed E-state index contributed by atoms with van der Waals surface area (Å²) in [7, 11) is -9.11. The van der Waals surface area contributed by atoms with Crippen LogP contribution in [0.1, 0.15) is 141 Å². The predicted molar refractivity (Wildman–Crippen MR) is 403 cm³/mol. The van der Waals surface area contributed by atoms with Crippen molar-refractivity contribution in [1.82, 2.24) is 38.2 Å². The summed E-state index contributed by atoms with van der Waals surface area (Å²) in [4.78, 5) is 31.1. The third-order valence-corrected chi connectivity index (χ3v) is 28.2. The van der Waals surface area contributed by atoms with Crippen LogP contribution >= 0.6 is 26.6 Å². The SMILES string of the molecule is BrCC1CC1.CC(C)(C)OC(=O)N1CCC2(CC1)NCCO2.Cc1ccc(S(=O)(=O)Cl)cc1.Cc1ccc(S(=O)(=O)N2CCOC23CCN(C(=O)OC(C)(C)C)CC3)cc1.Cc1ccc(S(=O)(=O)N2CCOC23CCN(CC2CC2)CC3)cc1.Cc1ccc(S(=O)(=O)N2CCOC23CCNCC3)cc1. The molecule has 24 nitrogen and oxygen atoms in total. The number of piperidine rings is 4. The van der Waals surface area contributed by atoms with Crippen molar-refractivity contribution in [2.45, 2.75) is 200 Å². The molecule has 0 bridgehead atoms. The summed E-state index contributed by atoms with van der Waals surface area (Å²) >= 11 is 3.38. The van der Waals surface area contributed by atoms with E-state index in [0.29, 0.717) is 101 Å². The van der Waals surface area contributed by atoms with Crippen molar-refractivity contribution in [2.75, 3.05) is 117 Å². The first kappa shape index (κ1) is 83.6. The number of nitrogens with one attached hydrogen (secondary N) is 2. The van der Waals surface area contributed by atoms with E-state index in [1.54, 1.807) is 79.1 Å². The molecule has 8 saturated heterocycles. The second-order valence-electron chi connectivity index (χ2n) is 30.6. The first-order chi connectivity index (χ1) is 48.9. The monoisotopic (exact) mass is 1610 g/mol. The van der Waals surface area contributed by atoms with Gasteiger partial charge in [-0.3, -0.25) is 5.32 Å². The molecule has 30 heteroatoms. The Kier molecular flexibility index (Phi) is 28.2. The predicted octanol–water partition coefficient (Wildman–Crippen LogP) is 11.1. The minimum absolute atomic E-state index is 0.143. The Balaban J connectivity index is 0.000000151. The van der Waals surface area contributed by atoms with Gasteiger partial charge in [-0.05, 0) is 168 Å². The molecular formula is C74H110BrClN8O16S4. The quantitative estimate of drug-likeness (QED) is 0.110. The molecule has 2 N–H and O–H groups in total. The van der Waals surface area contributed by atoms with Crippen LogP contribution in [-0.4, -0.2) is 224 Å². The van der Waals surface area contributed by atoms with Crippen LogP contribution in [0.4, 0.5) is 9.59 Å². The molecule has 8 heterocycles. The Labute approximate surface area is 631 Å². The maximum absolute atomic E-state index is 13.2. The van der Waals surface area contributed by atoms with Crippen LogP contribution in [0.2, 0.25) is 0 Å². The number of aryl methyl sites for hydroxylation is 4. The molecule has 0 unspecified atom stereocenters. The van der Waals surface area contributed by atoms with Gasteiger partial charge in [-0.2, -0.15) is 12.9 Å². The fourth-order valence-corrected chi connectivity index (χ4v) is 20.3. The van der Waals surface area contributed by atoms with E-state index in [-0.39, 0.29) is 27.7 Å². The van der Waals surface area contributed by atoms with E-state index in [1.807, 2.05) is 93.5 Å². The van der Waals surface area contributed by atoms with Gasteiger partial charge in [-0.25, -0.2) is 43.3 Å². The molecule has 2 aliphatic carbocycles. The molecule has 10 fully saturated rings. The third-order valence-electron chi connectivity index (χ3n) is 20.0. The fourth-order valence-electron chi connectivity index (χ4n) is 13.7. The van der Waals surface area contributed by atoms with Crippen LogP contribution in [-0.2, 0) is 67.5 Å². The lowest BCUT2D eigenvalue weighted by atomic mass is 10.0. The molecule has 14 rings (SSSR count). The molecule has 104 heavy (non-hydrogen) atoms. The molecule has 2 amide bonds. The number of carbonyl (C=O) groups is 2. The van der Waals surface area contributed by atoms with Gasteiger partial charge in [-0.1, -0.05) is 86.7 Å². The molecule has 8 aliphatic heterocycles. The van der Waals surface area contributed by atoms with Crippen LogP contribution in [0, 0.1) is 39.5 Å². The summed E-state index contributed by atoms with van der Waals surface area (Å²) in [5.41, 5.74) is 0.805. The maximum atomic E-state index is 13.2. The van der Waals surface area contributed by atoms with Crippen LogP contribution in [0.25, 0.3) is 0 Å². The lowest BCUT2D eigenvalue weighted by Gasteiger charge is -2.43. The Morgan fingerprint density at radius 3 is 1.08 bits per heavy atom. The summed E-state index contributed by atoms with van der Waals surface area (Å²) in [6, 6.07) is 27.4. The van der Waals surface area contributed by atoms with Crippen LogP contribution in [0.3, 0.4) is 0 Å². The van der Waals surface area contributed by atoms with Crippen LogP contribution in [0.5, 0.6) is 0 Å². The Morgan fingerprint density at radius 1 is 0.452 bits per heavy atom. The van der Waals surface area contributed by atoms with Gasteiger partial charge in [0.25, 0.3) is 9.05 Å². The highest BCUT2D eigenvalue weighted by Crippen LogP contribution is 2.42. The smallest absolute Gasteiger partial charge is 0.410 e. The number of alkyl halides is 1. The van der Waals surface area contributed by atoms with Gasteiger partial charge >= 0.3 is 12.2 Å². The molecule has 0 atom stereocenters. The summed E-state index contributed by atoms with van der Waals surface area (Å²) < 4.78 is 139. The van der Waals surface area contributed by atoms with Crippen LogP contribution in [0.15, 0.2) is 117 Å². The molecular weight excluding hydrogens is 1500 g/mol. The summed E-state index contributed by atoms with van der Waals surface area (Å²) in [5, 5.41) is 7.86. The van der Waals surface area contributed by atoms with Crippen molar-refractivity contribution in [1.29, 1.82) is 0 Å². The average molecular weight is 1610 g/mol. The highest BCUT2D eigenvalue weighted by atomic mass is 79.9. The summed E-state index contributed by atoms with van der Waals surface area (Å²) in [6.45, 7) is 29.9. The fraction of sp³-hybridized carbons (Fsp3) is 0.649. The van der Waals surface area contributed by atoms with E-state index in [4.69, 9.17) is 39.1 Å². The first-order valence-corrected chi connectivity index (χ1v) is 44.2. The zero-order chi connectivity index (χ0) is 75.6. The number of nitrogens with zero attached hydrogens (tertiary/aromatic N) is 6. The molecule has 10 aliphatic rings. The molecule has 2 saturated carbocycles. The number of halogens is 2. The summed E-state index contributed by atoms with van der Waals surface area (Å²) in [6.07, 6.45) is 10.5. The number of sulfonamides is 3. The second-order valence-corrected chi connectivity index (χ2v) is 39.4. The van der Waals surface area contributed by atoms with Gasteiger partial charge in [-0.15, -0.1) is 0 Å². The largest absolute Gasteiger partial charge is 0.444 e. The number of carbonyl (C=O) groups excluding carboxylic acids is 2. The first-order valence-electron chi connectivity index (χ1n) is 36.5. The lowest BCUT2D eigenvalue weighted by molar-refractivity contribution is -0.0913. The van der Waals surface area contributed by atoms with E-state index in [9.17, 15) is 43.3 Å². The number of rotatable bonds is 10. The molecule has 0 aromatic heterocycles. The number of hydrogen-bond acceptors (Lipinski definition) is 19. The standard InChI is InChI=1S/C19H28N2O5S.C18H26N2O3S.C14H20N2O3S.C12H22N2O3.C7H7ClO2S.C4H7Br/c1-15-5-7-16(8-6-15)27(23,24)21-13-14-25-19(21)9-11-20(12-10-19)17(22)26-18(2,3)4;1-15-2-6-17(7-3-15)24(21,22)20-12-13-23-18(20)8-10-19(11-9-18)14-16-4-5-16;1-12-2-4-13(5-3-12)20(17,18)16-10-11-19-14(16)6-8-15-9-7-14;1-11(2,3)17-10(15)14-7-4-12(5-8-14)13-6-9-16-12;1-6-2-4-7(5-3-6)11(8,9)10;5-3-4-1-2-4/h5-8H,9-14H2,1-4H3;2-3,6-7,16H,4-5,8-14H2,1H3;2-5,15H,6-11H2,1H3;13H,4-9H2,1-3H3;2-5H,1H3;4H,1-3H2. The molecule has 0 radical (unpaired) electrons. The van der Waals surface area contributed by atoms with Gasteiger partial charge in [0, 0.05) is 139 Å². The maximum Gasteiger partial charge on any atom is 0.410 e. The number of hydrogen-bond donors (Lipinski definition) is 2. The van der Waals surface area contributed by atoms with E-state index in [0.717, 1.165) is 99.1 Å². The van der Waals surface area contributed by atoms with Gasteiger partial charge in [0.2, 0.25) is 30.1 Å². The van der Waals surface area contributed by atoms with E-state index < -0.39 is 67.5 Å². The lowest BCUT2D eigenvalue weighted by Crippen LogP contribution is -2.56. The zero-order valence-electron chi connectivity index (χ0n) is 62.2. The number of likely N-dealkylation sites (tertiary alicyclic amines) is 3. The number of benzene rings is 4.